The number of rotatable bonds is 2. The van der Waals surface area contributed by atoms with E-state index in [-0.39, 0.29) is 5.91 Å². The summed E-state index contributed by atoms with van der Waals surface area (Å²) in [5.74, 6) is 2.15. The Morgan fingerprint density at radius 3 is 3.16 bits per heavy atom. The minimum Gasteiger partial charge on any atom is -0.342 e. The van der Waals surface area contributed by atoms with Crippen molar-refractivity contribution in [2.45, 2.75) is 38.6 Å². The monoisotopic (exact) mass is 263 g/mol. The highest BCUT2D eigenvalue weighted by Gasteiger charge is 2.32. The number of aromatic nitrogens is 3. The number of fused-ring (bicyclic) bond motifs is 1. The van der Waals surface area contributed by atoms with Gasteiger partial charge in [-0.2, -0.15) is 5.10 Å². The normalized spacial score (nSPS) is 27.1. The molecule has 2 N–H and O–H groups in total. The highest BCUT2D eigenvalue weighted by Crippen LogP contribution is 2.25. The van der Waals surface area contributed by atoms with Gasteiger partial charge in [-0.1, -0.05) is 0 Å². The fraction of sp³-hybridized carbons (Fsp3) is 0.769. The zero-order valence-electron chi connectivity index (χ0n) is 11.4. The van der Waals surface area contributed by atoms with Gasteiger partial charge < -0.3 is 10.2 Å². The molecule has 2 aliphatic heterocycles. The molecule has 2 atom stereocenters. The molecule has 3 heterocycles. The van der Waals surface area contributed by atoms with Gasteiger partial charge in [-0.15, -0.1) is 0 Å². The molecule has 0 saturated carbocycles. The van der Waals surface area contributed by atoms with E-state index in [4.69, 9.17) is 0 Å². The van der Waals surface area contributed by atoms with E-state index in [9.17, 15) is 4.79 Å². The maximum Gasteiger partial charge on any atom is 0.230 e. The molecule has 19 heavy (non-hydrogen) atoms. The lowest BCUT2D eigenvalue weighted by atomic mass is 9.85. The number of aryl methyl sites for hydroxylation is 1. The average Bonchev–Trinajstić information content (AvgIpc) is 2.83. The molecule has 3 rings (SSSR count). The molecular weight excluding hydrogens is 242 g/mol. The average molecular weight is 263 g/mol. The number of hydrogen-bond donors (Lipinski definition) is 2. The van der Waals surface area contributed by atoms with E-state index in [2.05, 4.69) is 20.5 Å². The number of nitrogens with zero attached hydrogens (tertiary/aromatic N) is 3. The summed E-state index contributed by atoms with van der Waals surface area (Å²) >= 11 is 0. The van der Waals surface area contributed by atoms with Crippen LogP contribution in [0.25, 0.3) is 0 Å². The van der Waals surface area contributed by atoms with Crippen LogP contribution in [-0.2, 0) is 11.2 Å². The van der Waals surface area contributed by atoms with Crippen molar-refractivity contribution in [3.8, 4) is 0 Å². The number of likely N-dealkylation sites (tertiary alicyclic amines) is 1. The van der Waals surface area contributed by atoms with E-state index >= 15 is 0 Å². The van der Waals surface area contributed by atoms with Crippen molar-refractivity contribution in [3.05, 3.63) is 11.6 Å². The lowest BCUT2D eigenvalue weighted by Crippen LogP contribution is -2.53. The molecule has 2 fully saturated rings. The van der Waals surface area contributed by atoms with Crippen molar-refractivity contribution in [1.82, 2.24) is 25.4 Å². The van der Waals surface area contributed by atoms with Crippen LogP contribution in [0.2, 0.25) is 0 Å². The number of amides is 1. The summed E-state index contributed by atoms with van der Waals surface area (Å²) in [5, 5.41) is 10.4. The molecule has 2 saturated heterocycles. The van der Waals surface area contributed by atoms with Gasteiger partial charge in [0.15, 0.2) is 5.82 Å². The van der Waals surface area contributed by atoms with Crippen LogP contribution < -0.4 is 5.32 Å². The van der Waals surface area contributed by atoms with E-state index in [0.29, 0.717) is 24.2 Å². The number of carbonyl (C=O) groups is 1. The van der Waals surface area contributed by atoms with Crippen molar-refractivity contribution in [2.75, 3.05) is 19.6 Å². The Morgan fingerprint density at radius 1 is 1.47 bits per heavy atom. The maximum atomic E-state index is 12.3. The molecule has 0 unspecified atom stereocenters. The van der Waals surface area contributed by atoms with Gasteiger partial charge in [-0.05, 0) is 38.6 Å². The summed E-state index contributed by atoms with van der Waals surface area (Å²) in [6.07, 6.45) is 3.85. The second-order valence-corrected chi connectivity index (χ2v) is 5.61. The Kier molecular flexibility index (Phi) is 3.50. The summed E-state index contributed by atoms with van der Waals surface area (Å²) in [5.41, 5.74) is 0. The van der Waals surface area contributed by atoms with E-state index in [1.807, 2.05) is 11.8 Å². The Morgan fingerprint density at radius 2 is 2.37 bits per heavy atom. The predicted octanol–water partition coefficient (Wildman–Crippen LogP) is 0.256. The summed E-state index contributed by atoms with van der Waals surface area (Å²) < 4.78 is 0. The van der Waals surface area contributed by atoms with Crippen LogP contribution in [0.3, 0.4) is 0 Å². The van der Waals surface area contributed by atoms with Crippen LogP contribution >= 0.6 is 0 Å². The molecule has 0 aliphatic carbocycles. The van der Waals surface area contributed by atoms with Gasteiger partial charge in [0.05, 0.1) is 6.42 Å². The Balaban J connectivity index is 1.58. The first-order valence-electron chi connectivity index (χ1n) is 7.11. The first-order valence-corrected chi connectivity index (χ1v) is 7.11. The molecule has 6 nitrogen and oxygen atoms in total. The maximum absolute atomic E-state index is 12.3. The molecule has 0 bridgehead atoms. The lowest BCUT2D eigenvalue weighted by Gasteiger charge is -2.41. The van der Waals surface area contributed by atoms with Gasteiger partial charge in [-0.25, -0.2) is 4.98 Å². The van der Waals surface area contributed by atoms with Crippen LogP contribution in [0, 0.1) is 12.8 Å². The van der Waals surface area contributed by atoms with Gasteiger partial charge in [0, 0.05) is 19.1 Å². The summed E-state index contributed by atoms with van der Waals surface area (Å²) in [6.45, 7) is 4.72. The van der Waals surface area contributed by atoms with E-state index in [1.165, 1.54) is 12.8 Å². The zero-order chi connectivity index (χ0) is 13.2. The van der Waals surface area contributed by atoms with Gasteiger partial charge in [-0.3, -0.25) is 9.89 Å². The highest BCUT2D eigenvalue weighted by atomic mass is 16.2. The smallest absolute Gasteiger partial charge is 0.230 e. The van der Waals surface area contributed by atoms with Crippen molar-refractivity contribution >= 4 is 5.91 Å². The molecule has 1 aromatic rings. The third-order valence-electron chi connectivity index (χ3n) is 4.20. The fourth-order valence-electron chi connectivity index (χ4n) is 3.19. The highest BCUT2D eigenvalue weighted by molar-refractivity contribution is 5.78. The summed E-state index contributed by atoms with van der Waals surface area (Å²) in [6, 6.07) is 0.614. The predicted molar refractivity (Wildman–Crippen MR) is 70.5 cm³/mol. The molecular formula is C13H21N5O. The minimum absolute atomic E-state index is 0.156. The SMILES string of the molecule is Cc1nc(CC(=O)N2CC[C@@H]3NCCC[C@@H]3C2)n[nH]1. The second-order valence-electron chi connectivity index (χ2n) is 5.61. The third-order valence-corrected chi connectivity index (χ3v) is 4.20. The van der Waals surface area contributed by atoms with Gasteiger partial charge in [0.1, 0.15) is 5.82 Å². The molecule has 1 aromatic heterocycles. The number of hydrogen-bond acceptors (Lipinski definition) is 4. The first-order chi connectivity index (χ1) is 9.22. The van der Waals surface area contributed by atoms with E-state index in [0.717, 1.165) is 31.9 Å². The van der Waals surface area contributed by atoms with Crippen LogP contribution in [0.1, 0.15) is 30.9 Å². The Hall–Kier alpha value is -1.43. The molecule has 0 aromatic carbocycles. The van der Waals surface area contributed by atoms with Gasteiger partial charge >= 0.3 is 0 Å². The van der Waals surface area contributed by atoms with Crippen LogP contribution in [0.5, 0.6) is 0 Å². The van der Waals surface area contributed by atoms with Crippen molar-refractivity contribution in [3.63, 3.8) is 0 Å². The Bertz CT molecular complexity index is 458. The number of carbonyl (C=O) groups excluding carboxylic acids is 1. The van der Waals surface area contributed by atoms with Gasteiger partial charge in [0.25, 0.3) is 0 Å². The standard InChI is InChI=1S/C13H21N5O/c1-9-15-12(17-16-9)7-13(19)18-6-4-11-10(8-18)3-2-5-14-11/h10-11,14H,2-8H2,1H3,(H,15,16,17)/t10-,11+/m1/s1. The first kappa shape index (κ1) is 12.6. The molecule has 1 amide bonds. The summed E-state index contributed by atoms with van der Waals surface area (Å²) in [4.78, 5) is 18.4. The third kappa shape index (κ3) is 2.78. The molecule has 0 radical (unpaired) electrons. The van der Waals surface area contributed by atoms with Gasteiger partial charge in [0.2, 0.25) is 5.91 Å². The van der Waals surface area contributed by atoms with Crippen LogP contribution in [0.15, 0.2) is 0 Å². The van der Waals surface area contributed by atoms with Crippen molar-refractivity contribution in [2.24, 2.45) is 5.92 Å². The molecule has 6 heteroatoms. The largest absolute Gasteiger partial charge is 0.342 e. The zero-order valence-corrected chi connectivity index (χ0v) is 11.4. The minimum atomic E-state index is 0.156. The van der Waals surface area contributed by atoms with Crippen molar-refractivity contribution in [1.29, 1.82) is 0 Å². The number of H-pyrrole nitrogens is 1. The van der Waals surface area contributed by atoms with Crippen LogP contribution in [0.4, 0.5) is 0 Å². The quantitative estimate of drug-likeness (QED) is 0.802. The van der Waals surface area contributed by atoms with E-state index in [1.54, 1.807) is 0 Å². The lowest BCUT2D eigenvalue weighted by molar-refractivity contribution is -0.133. The van der Waals surface area contributed by atoms with Crippen LogP contribution in [-0.4, -0.2) is 51.7 Å². The van der Waals surface area contributed by atoms with Crippen molar-refractivity contribution < 1.29 is 4.79 Å². The number of nitrogens with one attached hydrogen (secondary N) is 2. The number of aromatic amines is 1. The summed E-state index contributed by atoms with van der Waals surface area (Å²) in [7, 11) is 0. The Labute approximate surface area is 113 Å². The molecule has 2 aliphatic rings. The molecule has 104 valence electrons. The molecule has 0 spiro atoms. The van der Waals surface area contributed by atoms with E-state index < -0.39 is 0 Å². The second kappa shape index (κ2) is 5.28. The topological polar surface area (TPSA) is 73.9 Å². The number of piperidine rings is 2. The fourth-order valence-corrected chi connectivity index (χ4v) is 3.19.